The van der Waals surface area contributed by atoms with Gasteiger partial charge in [0.1, 0.15) is 11.6 Å². The van der Waals surface area contributed by atoms with E-state index in [-0.39, 0.29) is 5.56 Å². The third-order valence-corrected chi connectivity index (χ3v) is 3.27. The Kier molecular flexibility index (Phi) is 4.71. The van der Waals surface area contributed by atoms with Crippen molar-refractivity contribution in [3.8, 4) is 5.75 Å². The normalized spacial score (nSPS) is 13.8. The number of nitrogens with two attached hydrogens (primary N) is 1. The van der Waals surface area contributed by atoms with Crippen molar-refractivity contribution in [2.75, 3.05) is 7.11 Å². The smallest absolute Gasteiger partial charge is 0.131 e. The molecule has 0 saturated carbocycles. The molecule has 3 nitrogen and oxygen atoms in total. The molecule has 2 aromatic carbocycles. The number of methoxy groups -OCH3 is 1. The van der Waals surface area contributed by atoms with E-state index in [4.69, 9.17) is 10.5 Å². The van der Waals surface area contributed by atoms with Crippen LogP contribution in [0.25, 0.3) is 0 Å². The molecule has 2 aromatic rings. The van der Waals surface area contributed by atoms with Crippen LogP contribution in [-0.4, -0.2) is 18.3 Å². The number of rotatable bonds is 5. The van der Waals surface area contributed by atoms with Gasteiger partial charge in [-0.25, -0.2) is 4.39 Å². The summed E-state index contributed by atoms with van der Waals surface area (Å²) in [4.78, 5) is 0. The standard InChI is InChI=1S/C16H18FNO2/c1-20-14-9-5-8-12(17)15(14)16(18)13(19)10-11-6-3-2-4-7-11/h2-9,13,16,19H,10,18H2,1H3/t13-,16-/m1/s1. The van der Waals surface area contributed by atoms with Crippen molar-refractivity contribution in [1.82, 2.24) is 0 Å². The second-order valence-electron chi connectivity index (χ2n) is 4.64. The summed E-state index contributed by atoms with van der Waals surface area (Å²) in [5, 5.41) is 10.2. The zero-order valence-electron chi connectivity index (χ0n) is 11.3. The van der Waals surface area contributed by atoms with Crippen LogP contribution in [0.15, 0.2) is 48.5 Å². The van der Waals surface area contributed by atoms with E-state index >= 15 is 0 Å². The molecule has 0 radical (unpaired) electrons. The number of ether oxygens (including phenoxy) is 1. The molecular weight excluding hydrogens is 257 g/mol. The fourth-order valence-corrected chi connectivity index (χ4v) is 2.19. The SMILES string of the molecule is COc1cccc(F)c1[C@H](N)[C@H](O)Cc1ccccc1. The van der Waals surface area contributed by atoms with Crippen molar-refractivity contribution in [2.24, 2.45) is 5.73 Å². The Morgan fingerprint density at radius 2 is 1.85 bits per heavy atom. The third-order valence-electron chi connectivity index (χ3n) is 3.27. The van der Waals surface area contributed by atoms with Crippen molar-refractivity contribution < 1.29 is 14.2 Å². The van der Waals surface area contributed by atoms with Gasteiger partial charge in [-0.15, -0.1) is 0 Å². The van der Waals surface area contributed by atoms with E-state index < -0.39 is 18.0 Å². The van der Waals surface area contributed by atoms with Crippen molar-refractivity contribution >= 4 is 0 Å². The second-order valence-corrected chi connectivity index (χ2v) is 4.64. The molecule has 4 heteroatoms. The van der Waals surface area contributed by atoms with Crippen LogP contribution >= 0.6 is 0 Å². The van der Waals surface area contributed by atoms with Gasteiger partial charge in [0, 0.05) is 12.0 Å². The Balaban J connectivity index is 2.20. The minimum absolute atomic E-state index is 0.207. The Bertz CT molecular complexity index is 560. The van der Waals surface area contributed by atoms with E-state index in [9.17, 15) is 9.50 Å². The monoisotopic (exact) mass is 275 g/mol. The van der Waals surface area contributed by atoms with Gasteiger partial charge in [-0.2, -0.15) is 0 Å². The number of aliphatic hydroxyl groups is 1. The molecule has 0 bridgehead atoms. The Morgan fingerprint density at radius 3 is 2.50 bits per heavy atom. The molecule has 0 heterocycles. The van der Waals surface area contributed by atoms with E-state index in [1.807, 2.05) is 30.3 Å². The van der Waals surface area contributed by atoms with Crippen LogP contribution in [0.3, 0.4) is 0 Å². The molecule has 0 aliphatic carbocycles. The third kappa shape index (κ3) is 3.15. The molecule has 0 fully saturated rings. The van der Waals surface area contributed by atoms with Gasteiger partial charge in [-0.05, 0) is 17.7 Å². The largest absolute Gasteiger partial charge is 0.496 e. The van der Waals surface area contributed by atoms with Crippen molar-refractivity contribution in [3.05, 3.63) is 65.5 Å². The van der Waals surface area contributed by atoms with Crippen LogP contribution in [-0.2, 0) is 6.42 Å². The lowest BCUT2D eigenvalue weighted by Gasteiger charge is -2.21. The highest BCUT2D eigenvalue weighted by Gasteiger charge is 2.23. The maximum Gasteiger partial charge on any atom is 0.131 e. The molecule has 2 rings (SSSR count). The Morgan fingerprint density at radius 1 is 1.15 bits per heavy atom. The van der Waals surface area contributed by atoms with Crippen LogP contribution in [0.4, 0.5) is 4.39 Å². The molecule has 0 saturated heterocycles. The number of hydrogen-bond donors (Lipinski definition) is 2. The van der Waals surface area contributed by atoms with Gasteiger partial charge in [0.15, 0.2) is 0 Å². The van der Waals surface area contributed by atoms with Crippen LogP contribution in [0.2, 0.25) is 0 Å². The average Bonchev–Trinajstić information content (AvgIpc) is 2.47. The number of hydrogen-bond acceptors (Lipinski definition) is 3. The fraction of sp³-hybridized carbons (Fsp3) is 0.250. The van der Waals surface area contributed by atoms with Gasteiger partial charge in [0.05, 0.1) is 19.3 Å². The lowest BCUT2D eigenvalue weighted by Crippen LogP contribution is -2.29. The van der Waals surface area contributed by atoms with Crippen LogP contribution in [0.5, 0.6) is 5.75 Å². The quantitative estimate of drug-likeness (QED) is 0.881. The highest BCUT2D eigenvalue weighted by atomic mass is 19.1. The van der Waals surface area contributed by atoms with Crippen molar-refractivity contribution in [1.29, 1.82) is 0 Å². The summed E-state index contributed by atoms with van der Waals surface area (Å²) >= 11 is 0. The number of aliphatic hydroxyl groups excluding tert-OH is 1. The summed E-state index contributed by atoms with van der Waals surface area (Å²) in [7, 11) is 1.45. The van der Waals surface area contributed by atoms with E-state index in [0.29, 0.717) is 12.2 Å². The molecule has 2 atom stereocenters. The Hall–Kier alpha value is -1.91. The summed E-state index contributed by atoms with van der Waals surface area (Å²) in [6.45, 7) is 0. The summed E-state index contributed by atoms with van der Waals surface area (Å²) in [5.41, 5.74) is 7.15. The average molecular weight is 275 g/mol. The summed E-state index contributed by atoms with van der Waals surface area (Å²) in [6, 6.07) is 13.1. The molecule has 0 aliphatic heterocycles. The molecule has 106 valence electrons. The molecule has 0 unspecified atom stereocenters. The lowest BCUT2D eigenvalue weighted by atomic mass is 9.96. The fourth-order valence-electron chi connectivity index (χ4n) is 2.19. The van der Waals surface area contributed by atoms with Gasteiger partial charge < -0.3 is 15.6 Å². The van der Waals surface area contributed by atoms with Gasteiger partial charge in [0.25, 0.3) is 0 Å². The summed E-state index contributed by atoms with van der Waals surface area (Å²) < 4.78 is 19.0. The topological polar surface area (TPSA) is 55.5 Å². The molecule has 0 aliphatic rings. The van der Waals surface area contributed by atoms with E-state index in [1.54, 1.807) is 12.1 Å². The highest BCUT2D eigenvalue weighted by Crippen LogP contribution is 2.29. The minimum Gasteiger partial charge on any atom is -0.496 e. The predicted molar refractivity (Wildman–Crippen MR) is 76.0 cm³/mol. The highest BCUT2D eigenvalue weighted by molar-refractivity contribution is 5.38. The first kappa shape index (κ1) is 14.5. The first-order valence-corrected chi connectivity index (χ1v) is 6.43. The minimum atomic E-state index is -0.886. The van der Waals surface area contributed by atoms with Gasteiger partial charge in [-0.1, -0.05) is 36.4 Å². The van der Waals surface area contributed by atoms with Crippen molar-refractivity contribution in [3.63, 3.8) is 0 Å². The van der Waals surface area contributed by atoms with Gasteiger partial charge in [-0.3, -0.25) is 0 Å². The van der Waals surface area contributed by atoms with E-state index in [0.717, 1.165) is 5.56 Å². The zero-order chi connectivity index (χ0) is 14.5. The maximum absolute atomic E-state index is 13.9. The predicted octanol–water partition coefficient (Wildman–Crippen LogP) is 2.44. The molecule has 20 heavy (non-hydrogen) atoms. The van der Waals surface area contributed by atoms with E-state index in [1.165, 1.54) is 13.2 Å². The first-order valence-electron chi connectivity index (χ1n) is 6.43. The molecule has 0 spiro atoms. The van der Waals surface area contributed by atoms with Gasteiger partial charge >= 0.3 is 0 Å². The van der Waals surface area contributed by atoms with Crippen LogP contribution in [0, 0.1) is 5.82 Å². The first-order chi connectivity index (χ1) is 9.63. The molecule has 3 N–H and O–H groups in total. The van der Waals surface area contributed by atoms with E-state index in [2.05, 4.69) is 0 Å². The molecule has 0 aromatic heterocycles. The van der Waals surface area contributed by atoms with Crippen LogP contribution < -0.4 is 10.5 Å². The Labute approximate surface area is 117 Å². The molecule has 0 amide bonds. The molecular formula is C16H18FNO2. The summed E-state index contributed by atoms with van der Waals surface area (Å²) in [6.07, 6.45) is -0.525. The van der Waals surface area contributed by atoms with Crippen LogP contribution in [0.1, 0.15) is 17.2 Å². The maximum atomic E-state index is 13.9. The number of benzene rings is 2. The number of halogens is 1. The zero-order valence-corrected chi connectivity index (χ0v) is 11.3. The summed E-state index contributed by atoms with van der Waals surface area (Å²) in [5.74, 6) is -0.117. The van der Waals surface area contributed by atoms with Gasteiger partial charge in [0.2, 0.25) is 0 Å². The lowest BCUT2D eigenvalue weighted by molar-refractivity contribution is 0.142. The van der Waals surface area contributed by atoms with Crippen molar-refractivity contribution in [2.45, 2.75) is 18.6 Å². The second kappa shape index (κ2) is 6.50.